The Balaban J connectivity index is 1.71. The zero-order chi connectivity index (χ0) is 18.0. The maximum absolute atomic E-state index is 12.4. The molecule has 0 atom stereocenters. The molecule has 2 aromatic rings. The Morgan fingerprint density at radius 1 is 1.24 bits per heavy atom. The number of carbonyl (C=O) groups excluding carboxylic acids is 2. The average Bonchev–Trinajstić information content (AvgIpc) is 2.56. The lowest BCUT2D eigenvalue weighted by Crippen LogP contribution is -2.41. The van der Waals surface area contributed by atoms with Crippen LogP contribution in [0.2, 0.25) is 5.02 Å². The predicted molar refractivity (Wildman–Crippen MR) is 98.7 cm³/mol. The summed E-state index contributed by atoms with van der Waals surface area (Å²) in [5, 5.41) is 3.35. The molecule has 25 heavy (non-hydrogen) atoms. The van der Waals surface area contributed by atoms with Gasteiger partial charge in [-0.15, -0.1) is 0 Å². The maximum Gasteiger partial charge on any atom is 0.331 e. The zero-order valence-corrected chi connectivity index (χ0v) is 14.7. The predicted octanol–water partition coefficient (Wildman–Crippen LogP) is 2.77. The number of hydrogen-bond acceptors (Lipinski definition) is 5. The minimum atomic E-state index is -0.405. The first kappa shape index (κ1) is 17.1. The number of ether oxygens (including phenoxy) is 1. The third kappa shape index (κ3) is 4.03. The highest BCUT2D eigenvalue weighted by Gasteiger charge is 2.25. The van der Waals surface area contributed by atoms with E-state index in [1.54, 1.807) is 23.1 Å². The van der Waals surface area contributed by atoms with E-state index in [4.69, 9.17) is 16.3 Å². The molecule has 0 aromatic heterocycles. The second-order valence-electron chi connectivity index (χ2n) is 5.93. The third-order valence-corrected chi connectivity index (χ3v) is 4.04. The number of hydrogen-bond donors (Lipinski definition) is 1. The first-order valence-electron chi connectivity index (χ1n) is 7.75. The van der Waals surface area contributed by atoms with Crippen molar-refractivity contribution in [1.82, 2.24) is 0 Å². The number of amides is 1. The summed E-state index contributed by atoms with van der Waals surface area (Å²) in [4.78, 5) is 27.7. The van der Waals surface area contributed by atoms with E-state index in [1.807, 2.05) is 43.3 Å². The molecular formula is C18H18ClN3O3. The molecule has 0 saturated heterocycles. The van der Waals surface area contributed by atoms with Crippen molar-refractivity contribution in [2.45, 2.75) is 0 Å². The molecule has 0 spiro atoms. The highest BCUT2D eigenvalue weighted by Crippen LogP contribution is 2.34. The zero-order valence-electron chi connectivity index (χ0n) is 14.0. The largest absolute Gasteiger partial charge is 0.423 e. The minimum Gasteiger partial charge on any atom is -0.423 e. The summed E-state index contributed by atoms with van der Waals surface area (Å²) in [5.74, 6) is -0.222. The number of benzene rings is 2. The summed E-state index contributed by atoms with van der Waals surface area (Å²) in [6, 6.07) is 12.5. The lowest BCUT2D eigenvalue weighted by atomic mass is 10.2. The quantitative estimate of drug-likeness (QED) is 0.672. The summed E-state index contributed by atoms with van der Waals surface area (Å²) in [6.07, 6.45) is 0. The van der Waals surface area contributed by atoms with E-state index < -0.39 is 5.97 Å². The molecule has 6 nitrogen and oxygen atoms in total. The van der Waals surface area contributed by atoms with E-state index in [2.05, 4.69) is 5.32 Å². The highest BCUT2D eigenvalue weighted by atomic mass is 35.5. The second kappa shape index (κ2) is 7.03. The molecule has 0 saturated carbocycles. The van der Waals surface area contributed by atoms with E-state index in [0.717, 1.165) is 5.69 Å². The Morgan fingerprint density at radius 3 is 2.64 bits per heavy atom. The van der Waals surface area contributed by atoms with Gasteiger partial charge in [-0.2, -0.15) is 0 Å². The van der Waals surface area contributed by atoms with Crippen LogP contribution in [0.15, 0.2) is 42.5 Å². The van der Waals surface area contributed by atoms with Gasteiger partial charge in [-0.1, -0.05) is 11.6 Å². The molecule has 0 bridgehead atoms. The monoisotopic (exact) mass is 359 g/mol. The van der Waals surface area contributed by atoms with E-state index in [1.165, 1.54) is 0 Å². The Bertz CT molecular complexity index is 806. The molecule has 130 valence electrons. The normalized spacial score (nSPS) is 13.1. The molecule has 1 N–H and O–H groups in total. The van der Waals surface area contributed by atoms with Crippen LogP contribution in [-0.2, 0) is 9.59 Å². The van der Waals surface area contributed by atoms with Gasteiger partial charge in [0.1, 0.15) is 6.54 Å². The van der Waals surface area contributed by atoms with Crippen molar-refractivity contribution in [2.75, 3.05) is 42.3 Å². The van der Waals surface area contributed by atoms with Crippen LogP contribution < -0.4 is 19.9 Å². The molecule has 0 radical (unpaired) electrons. The van der Waals surface area contributed by atoms with Crippen molar-refractivity contribution in [3.8, 4) is 5.75 Å². The molecular weight excluding hydrogens is 342 g/mol. The molecule has 7 heteroatoms. The molecule has 1 amide bonds. The maximum atomic E-state index is 12.4. The molecule has 2 aromatic carbocycles. The number of nitrogens with zero attached hydrogens (tertiary/aromatic N) is 2. The van der Waals surface area contributed by atoms with Crippen LogP contribution in [-0.4, -0.2) is 39.1 Å². The molecule has 1 heterocycles. The highest BCUT2D eigenvalue weighted by molar-refractivity contribution is 6.31. The van der Waals surface area contributed by atoms with Crippen LogP contribution in [0.4, 0.5) is 17.1 Å². The fourth-order valence-electron chi connectivity index (χ4n) is 2.58. The molecule has 3 rings (SSSR count). The van der Waals surface area contributed by atoms with E-state index in [-0.39, 0.29) is 19.0 Å². The molecule has 1 aliphatic rings. The molecule has 0 fully saturated rings. The van der Waals surface area contributed by atoms with Gasteiger partial charge < -0.3 is 19.9 Å². The smallest absolute Gasteiger partial charge is 0.331 e. The molecule has 0 aliphatic carbocycles. The number of fused-ring (bicyclic) bond motifs is 1. The fourth-order valence-corrected chi connectivity index (χ4v) is 2.74. The van der Waals surface area contributed by atoms with Crippen molar-refractivity contribution in [3.63, 3.8) is 0 Å². The Kier molecular flexibility index (Phi) is 4.81. The lowest BCUT2D eigenvalue weighted by Gasteiger charge is -2.29. The van der Waals surface area contributed by atoms with E-state index >= 15 is 0 Å². The topological polar surface area (TPSA) is 61.9 Å². The van der Waals surface area contributed by atoms with Gasteiger partial charge in [0.15, 0.2) is 5.75 Å². The first-order valence-corrected chi connectivity index (χ1v) is 8.12. The minimum absolute atomic E-state index is 0.000327. The number of rotatable bonds is 4. The SMILES string of the molecule is CN(C)c1ccc(NC(=O)CN2CC(=O)Oc3ccc(Cl)cc32)cc1. The fraction of sp³-hybridized carbons (Fsp3) is 0.222. The third-order valence-electron chi connectivity index (χ3n) is 3.81. The van der Waals surface area contributed by atoms with Crippen LogP contribution in [0.3, 0.4) is 0 Å². The van der Waals surface area contributed by atoms with Gasteiger partial charge in [-0.05, 0) is 42.5 Å². The van der Waals surface area contributed by atoms with Gasteiger partial charge >= 0.3 is 5.97 Å². The van der Waals surface area contributed by atoms with Crippen molar-refractivity contribution in [2.24, 2.45) is 0 Å². The van der Waals surface area contributed by atoms with Crippen molar-refractivity contribution in [1.29, 1.82) is 0 Å². The number of halogens is 1. The number of carbonyl (C=O) groups is 2. The summed E-state index contributed by atoms with van der Waals surface area (Å²) in [5.41, 5.74) is 2.37. The number of anilines is 3. The van der Waals surface area contributed by atoms with Crippen LogP contribution in [0, 0.1) is 0 Å². The van der Waals surface area contributed by atoms with Crippen LogP contribution in [0.25, 0.3) is 0 Å². The lowest BCUT2D eigenvalue weighted by molar-refractivity contribution is -0.133. The van der Waals surface area contributed by atoms with Gasteiger partial charge in [-0.3, -0.25) is 4.79 Å². The van der Waals surface area contributed by atoms with Crippen LogP contribution in [0.1, 0.15) is 0 Å². The van der Waals surface area contributed by atoms with Gasteiger partial charge in [-0.25, -0.2) is 4.79 Å². The first-order chi connectivity index (χ1) is 11.9. The van der Waals surface area contributed by atoms with Gasteiger partial charge in [0.25, 0.3) is 0 Å². The van der Waals surface area contributed by atoms with Crippen LogP contribution in [0.5, 0.6) is 5.75 Å². The Labute approximate surface area is 150 Å². The van der Waals surface area contributed by atoms with Crippen molar-refractivity contribution >= 4 is 40.5 Å². The summed E-state index contributed by atoms with van der Waals surface area (Å²) in [7, 11) is 3.90. The summed E-state index contributed by atoms with van der Waals surface area (Å²) >= 11 is 6.01. The van der Waals surface area contributed by atoms with Gasteiger partial charge in [0, 0.05) is 30.5 Å². The van der Waals surface area contributed by atoms with Gasteiger partial charge in [0.05, 0.1) is 12.2 Å². The van der Waals surface area contributed by atoms with Crippen LogP contribution >= 0.6 is 11.6 Å². The number of nitrogens with one attached hydrogen (secondary N) is 1. The average molecular weight is 360 g/mol. The van der Waals surface area contributed by atoms with Gasteiger partial charge in [0.2, 0.25) is 5.91 Å². The Morgan fingerprint density at radius 2 is 1.96 bits per heavy atom. The van der Waals surface area contributed by atoms with Crippen molar-refractivity contribution < 1.29 is 14.3 Å². The summed E-state index contributed by atoms with van der Waals surface area (Å²) in [6.45, 7) is 0.0260. The second-order valence-corrected chi connectivity index (χ2v) is 6.37. The van der Waals surface area contributed by atoms with E-state index in [0.29, 0.717) is 22.1 Å². The standard InChI is InChI=1S/C18H18ClN3O3/c1-21(2)14-6-4-13(5-7-14)20-17(23)10-22-11-18(24)25-16-8-3-12(19)9-15(16)22/h3-9H,10-11H2,1-2H3,(H,20,23). The summed E-state index contributed by atoms with van der Waals surface area (Å²) < 4.78 is 5.18. The molecule has 0 unspecified atom stereocenters. The molecule has 1 aliphatic heterocycles. The Hall–Kier alpha value is -2.73. The number of esters is 1. The van der Waals surface area contributed by atoms with E-state index in [9.17, 15) is 9.59 Å². The van der Waals surface area contributed by atoms with Crippen molar-refractivity contribution in [3.05, 3.63) is 47.5 Å².